The van der Waals surface area contributed by atoms with Crippen LogP contribution in [0.15, 0.2) is 42.5 Å². The molecule has 0 bridgehead atoms. The molecule has 0 fully saturated rings. The minimum atomic E-state index is -0.365. The van der Waals surface area contributed by atoms with Gasteiger partial charge in [-0.2, -0.15) is 0 Å². The Labute approximate surface area is 131 Å². The Hall–Kier alpha value is -1.48. The molecule has 5 heteroatoms. The number of phenolic OH excluding ortho intramolecular Hbond substituents is 1. The van der Waals surface area contributed by atoms with Gasteiger partial charge in [-0.15, -0.1) is 0 Å². The van der Waals surface area contributed by atoms with Gasteiger partial charge in [-0.25, -0.2) is 0 Å². The molecule has 0 aliphatic rings. The molecular weight excluding hydrogens is 319 g/mol. The predicted molar refractivity (Wildman–Crippen MR) is 82.9 cm³/mol. The molecule has 0 saturated heterocycles. The van der Waals surface area contributed by atoms with Crippen molar-refractivity contribution in [2.24, 2.45) is 0 Å². The smallest absolute Gasteiger partial charge is 0.189 e. The highest BCUT2D eigenvalue weighted by atomic mass is 35.5. The van der Waals surface area contributed by atoms with E-state index < -0.39 is 0 Å². The summed E-state index contributed by atoms with van der Waals surface area (Å²) in [6.07, 6.45) is 2.88. The van der Waals surface area contributed by atoms with Crippen molar-refractivity contribution in [1.29, 1.82) is 0 Å². The molecule has 0 aliphatic heterocycles. The summed E-state index contributed by atoms with van der Waals surface area (Å²) in [5, 5.41) is 11.0. The molecule has 0 heterocycles. The van der Waals surface area contributed by atoms with Crippen molar-refractivity contribution < 1.29 is 9.90 Å². The highest BCUT2D eigenvalue weighted by molar-refractivity contribution is 6.35. The van der Waals surface area contributed by atoms with E-state index >= 15 is 0 Å². The molecule has 2 aromatic rings. The van der Waals surface area contributed by atoms with Gasteiger partial charge in [-0.05, 0) is 48.0 Å². The molecule has 20 heavy (non-hydrogen) atoms. The Morgan fingerprint density at radius 2 is 1.65 bits per heavy atom. The maximum atomic E-state index is 12.0. The number of ketones is 1. The van der Waals surface area contributed by atoms with Crippen molar-refractivity contribution in [2.45, 2.75) is 0 Å². The van der Waals surface area contributed by atoms with Crippen molar-refractivity contribution in [3.8, 4) is 5.75 Å². The number of allylic oxidation sites excluding steroid dienone is 1. The number of rotatable bonds is 3. The minimum Gasteiger partial charge on any atom is -0.507 e. The molecule has 0 radical (unpaired) electrons. The summed E-state index contributed by atoms with van der Waals surface area (Å²) in [6, 6.07) is 9.25. The maximum absolute atomic E-state index is 12.0. The first-order valence-corrected chi connectivity index (χ1v) is 6.77. The average Bonchev–Trinajstić information content (AvgIpc) is 2.40. The van der Waals surface area contributed by atoms with Gasteiger partial charge >= 0.3 is 0 Å². The first-order valence-electron chi connectivity index (χ1n) is 5.63. The van der Waals surface area contributed by atoms with Crippen LogP contribution in [0.25, 0.3) is 6.08 Å². The summed E-state index contributed by atoms with van der Waals surface area (Å²) in [5.74, 6) is -0.484. The lowest BCUT2D eigenvalue weighted by Gasteiger charge is -2.01. The Morgan fingerprint density at radius 3 is 2.35 bits per heavy atom. The number of aromatic hydroxyl groups is 1. The van der Waals surface area contributed by atoms with Crippen molar-refractivity contribution in [3.05, 3.63) is 68.7 Å². The van der Waals surface area contributed by atoms with E-state index in [4.69, 9.17) is 34.8 Å². The van der Waals surface area contributed by atoms with Crippen LogP contribution in [0, 0.1) is 0 Å². The summed E-state index contributed by atoms with van der Waals surface area (Å²) < 4.78 is 0. The van der Waals surface area contributed by atoms with E-state index in [1.807, 2.05) is 0 Å². The molecule has 2 nitrogen and oxygen atoms in total. The Kier molecular flexibility index (Phi) is 4.71. The lowest BCUT2D eigenvalue weighted by molar-refractivity contribution is 0.104. The lowest BCUT2D eigenvalue weighted by atomic mass is 10.1. The van der Waals surface area contributed by atoms with Gasteiger partial charge < -0.3 is 5.11 Å². The molecule has 0 unspecified atom stereocenters. The van der Waals surface area contributed by atoms with Crippen LogP contribution in [0.5, 0.6) is 5.75 Å². The van der Waals surface area contributed by atoms with E-state index in [-0.39, 0.29) is 17.1 Å². The zero-order valence-electron chi connectivity index (χ0n) is 10.1. The van der Waals surface area contributed by atoms with E-state index in [0.29, 0.717) is 20.6 Å². The molecule has 0 amide bonds. The molecule has 102 valence electrons. The van der Waals surface area contributed by atoms with Crippen LogP contribution in [0.1, 0.15) is 15.9 Å². The first kappa shape index (κ1) is 14.9. The van der Waals surface area contributed by atoms with Gasteiger partial charge in [-0.1, -0.05) is 40.9 Å². The van der Waals surface area contributed by atoms with Gasteiger partial charge in [0.25, 0.3) is 0 Å². The Balaban J connectivity index is 2.27. The second-order valence-electron chi connectivity index (χ2n) is 4.02. The van der Waals surface area contributed by atoms with Crippen LogP contribution >= 0.6 is 34.8 Å². The molecule has 0 saturated carbocycles. The number of carbonyl (C=O) groups excluding carboxylic acids is 1. The fourth-order valence-electron chi connectivity index (χ4n) is 1.60. The van der Waals surface area contributed by atoms with Gasteiger partial charge in [-0.3, -0.25) is 4.79 Å². The molecule has 1 N–H and O–H groups in total. The van der Waals surface area contributed by atoms with E-state index in [1.165, 1.54) is 24.3 Å². The first-order chi connectivity index (χ1) is 9.47. The number of benzene rings is 2. The second kappa shape index (κ2) is 6.31. The molecule has 0 aliphatic carbocycles. The maximum Gasteiger partial charge on any atom is 0.189 e. The summed E-state index contributed by atoms with van der Waals surface area (Å²) in [4.78, 5) is 12.0. The molecule has 2 rings (SSSR count). The third kappa shape index (κ3) is 3.54. The van der Waals surface area contributed by atoms with Gasteiger partial charge in [0.15, 0.2) is 5.78 Å². The van der Waals surface area contributed by atoms with Crippen LogP contribution in [-0.4, -0.2) is 10.9 Å². The highest BCUT2D eigenvalue weighted by Gasteiger charge is 2.09. The topological polar surface area (TPSA) is 37.3 Å². The zero-order valence-corrected chi connectivity index (χ0v) is 12.4. The monoisotopic (exact) mass is 326 g/mol. The van der Waals surface area contributed by atoms with Crippen molar-refractivity contribution in [1.82, 2.24) is 0 Å². The quantitative estimate of drug-likeness (QED) is 0.617. The van der Waals surface area contributed by atoms with Gasteiger partial charge in [0.1, 0.15) is 5.75 Å². The van der Waals surface area contributed by atoms with Crippen LogP contribution in [0.4, 0.5) is 0 Å². The van der Waals surface area contributed by atoms with Gasteiger partial charge in [0.2, 0.25) is 0 Å². The number of hydrogen-bond donors (Lipinski definition) is 1. The number of carbonyl (C=O) groups is 1. The Bertz CT molecular complexity index is 694. The standard InChI is InChI=1S/C15H9Cl3O2/c16-10-4-6-15(20)12(7-10)14(19)5-2-9-1-3-11(17)8-13(9)18/h1-8,20H/b5-2+. The number of phenols is 1. The second-order valence-corrected chi connectivity index (χ2v) is 5.30. The average molecular weight is 328 g/mol. The minimum absolute atomic E-state index is 0.119. The third-order valence-electron chi connectivity index (χ3n) is 2.60. The van der Waals surface area contributed by atoms with Crippen LogP contribution < -0.4 is 0 Å². The SMILES string of the molecule is O=C(/C=C/c1ccc(Cl)cc1Cl)c1cc(Cl)ccc1O. The summed E-state index contributed by atoms with van der Waals surface area (Å²) in [5.41, 5.74) is 0.796. The van der Waals surface area contributed by atoms with Crippen molar-refractivity contribution >= 4 is 46.7 Å². The molecule has 2 aromatic carbocycles. The largest absolute Gasteiger partial charge is 0.507 e. The summed E-state index contributed by atoms with van der Waals surface area (Å²) in [6.45, 7) is 0. The lowest BCUT2D eigenvalue weighted by Crippen LogP contribution is -1.94. The third-order valence-corrected chi connectivity index (χ3v) is 3.40. The molecule has 0 atom stereocenters. The van der Waals surface area contributed by atoms with Crippen LogP contribution in [0.2, 0.25) is 15.1 Å². The molecule has 0 spiro atoms. The van der Waals surface area contributed by atoms with E-state index in [1.54, 1.807) is 24.3 Å². The van der Waals surface area contributed by atoms with E-state index in [2.05, 4.69) is 0 Å². The normalized spacial score (nSPS) is 10.9. The summed E-state index contributed by atoms with van der Waals surface area (Å²) >= 11 is 17.6. The van der Waals surface area contributed by atoms with Crippen LogP contribution in [-0.2, 0) is 0 Å². The number of halogens is 3. The number of hydrogen-bond acceptors (Lipinski definition) is 2. The molecular formula is C15H9Cl3O2. The van der Waals surface area contributed by atoms with Crippen LogP contribution in [0.3, 0.4) is 0 Å². The fourth-order valence-corrected chi connectivity index (χ4v) is 2.24. The predicted octanol–water partition coefficient (Wildman–Crippen LogP) is 5.25. The van der Waals surface area contributed by atoms with Crippen molar-refractivity contribution in [2.75, 3.05) is 0 Å². The fraction of sp³-hybridized carbons (Fsp3) is 0. The van der Waals surface area contributed by atoms with Crippen molar-refractivity contribution in [3.63, 3.8) is 0 Å². The summed E-state index contributed by atoms with van der Waals surface area (Å²) in [7, 11) is 0. The van der Waals surface area contributed by atoms with E-state index in [9.17, 15) is 9.90 Å². The Morgan fingerprint density at radius 1 is 1.00 bits per heavy atom. The van der Waals surface area contributed by atoms with Gasteiger partial charge in [0, 0.05) is 15.1 Å². The van der Waals surface area contributed by atoms with Gasteiger partial charge in [0.05, 0.1) is 5.56 Å². The van der Waals surface area contributed by atoms with E-state index in [0.717, 1.165) is 0 Å². The highest BCUT2D eigenvalue weighted by Crippen LogP contribution is 2.24. The molecule has 0 aromatic heterocycles. The zero-order chi connectivity index (χ0) is 14.7.